The predicted octanol–water partition coefficient (Wildman–Crippen LogP) is 3.89. The van der Waals surface area contributed by atoms with Gasteiger partial charge in [0.05, 0.1) is 11.2 Å². The third-order valence-corrected chi connectivity index (χ3v) is 3.85. The maximum Gasteiger partial charge on any atom is 0.471 e. The van der Waals surface area contributed by atoms with E-state index in [1.807, 2.05) is 0 Å². The Morgan fingerprint density at radius 1 is 1.07 bits per heavy atom. The van der Waals surface area contributed by atoms with Crippen molar-refractivity contribution in [2.75, 3.05) is 5.32 Å². The fourth-order valence-corrected chi connectivity index (χ4v) is 2.58. The molecule has 0 spiro atoms. The van der Waals surface area contributed by atoms with Crippen molar-refractivity contribution in [1.29, 1.82) is 0 Å². The van der Waals surface area contributed by atoms with Crippen molar-refractivity contribution in [3.05, 3.63) is 65.7 Å². The number of hydrogen-bond acceptors (Lipinski definition) is 3. The number of hydrogen-bond donors (Lipinski definition) is 1. The molecule has 3 aromatic rings. The molecule has 28 heavy (non-hydrogen) atoms. The average molecular weight is 384 g/mol. The van der Waals surface area contributed by atoms with Crippen molar-refractivity contribution < 1.29 is 27.6 Å². The van der Waals surface area contributed by atoms with Crippen molar-refractivity contribution in [3.8, 4) is 11.3 Å². The summed E-state index contributed by atoms with van der Waals surface area (Å²) in [6, 6.07) is 13.9. The summed E-state index contributed by atoms with van der Waals surface area (Å²) >= 11 is 0. The summed E-state index contributed by atoms with van der Waals surface area (Å²) in [6.45, 7) is 0. The number of nitrogens with zero attached hydrogens (tertiary/aromatic N) is 3. The minimum atomic E-state index is -4.98. The molecule has 2 aromatic carbocycles. The zero-order valence-corrected chi connectivity index (χ0v) is 14.1. The molecule has 0 aliphatic heterocycles. The van der Waals surface area contributed by atoms with Crippen LogP contribution in [-0.4, -0.2) is 33.9 Å². The molecule has 0 unspecified atom stereocenters. The van der Waals surface area contributed by atoms with Gasteiger partial charge in [-0.3, -0.25) is 9.59 Å². The van der Waals surface area contributed by atoms with Crippen LogP contribution < -0.4 is 5.32 Å². The van der Waals surface area contributed by atoms with E-state index in [2.05, 4.69) is 9.77 Å². The van der Waals surface area contributed by atoms with Gasteiger partial charge in [0, 0.05) is 22.2 Å². The van der Waals surface area contributed by atoms with Crippen LogP contribution >= 0.6 is 0 Å². The summed E-state index contributed by atoms with van der Waals surface area (Å²) in [5.41, 5.74) is 10.3. The van der Waals surface area contributed by atoms with E-state index in [9.17, 15) is 22.8 Å². The van der Waals surface area contributed by atoms with Crippen LogP contribution in [-0.2, 0) is 4.79 Å². The summed E-state index contributed by atoms with van der Waals surface area (Å²) in [6.07, 6.45) is -4.22. The lowest BCUT2D eigenvalue weighted by Crippen LogP contribution is -2.29. The van der Waals surface area contributed by atoms with Crippen LogP contribution in [0.2, 0.25) is 0 Å². The lowest BCUT2D eigenvalue weighted by Gasteiger charge is -2.10. The Kier molecular flexibility index (Phi) is 5.02. The molecule has 6 nitrogen and oxygen atoms in total. The largest absolute Gasteiger partial charge is 0.471 e. The summed E-state index contributed by atoms with van der Waals surface area (Å²) < 4.78 is 37.0. The second kappa shape index (κ2) is 7.42. The Morgan fingerprint density at radius 3 is 2.39 bits per heavy atom. The van der Waals surface area contributed by atoms with Gasteiger partial charge in [-0.25, -0.2) is 4.98 Å². The molecule has 0 bridgehead atoms. The Bertz CT molecular complexity index is 1120. The quantitative estimate of drug-likeness (QED) is 0.320. The molecule has 0 fully saturated rings. The van der Waals surface area contributed by atoms with Crippen LogP contribution in [0, 0.1) is 0 Å². The van der Waals surface area contributed by atoms with Crippen LogP contribution in [0.1, 0.15) is 10.4 Å². The topological polar surface area (TPSA) is 95.5 Å². The Hall–Kier alpha value is -3.84. The van der Waals surface area contributed by atoms with Gasteiger partial charge in [0.1, 0.15) is 0 Å². The molecule has 1 aromatic heterocycles. The molecular weight excluding hydrogens is 373 g/mol. The number of ketones is 1. The monoisotopic (exact) mass is 384 g/mol. The van der Waals surface area contributed by atoms with Crippen molar-refractivity contribution in [1.82, 2.24) is 4.98 Å². The lowest BCUT2D eigenvalue weighted by atomic mass is 10.0. The van der Waals surface area contributed by atoms with Crippen molar-refractivity contribution >= 4 is 34.5 Å². The molecule has 0 aliphatic carbocycles. The molecule has 1 amide bonds. The Morgan fingerprint density at radius 2 is 1.75 bits per heavy atom. The summed E-state index contributed by atoms with van der Waals surface area (Å²) in [7, 11) is 0. The number of anilines is 1. The molecule has 3 rings (SSSR count). The van der Waals surface area contributed by atoms with Gasteiger partial charge in [0.25, 0.3) is 5.78 Å². The first-order valence-corrected chi connectivity index (χ1v) is 7.90. The molecule has 0 atom stereocenters. The standard InChI is InChI=1S/C19H11F3N4O2/c20-19(21,22)18(28)25-12-7-5-11(6-8-12)16-9-14(17(27)10-24-23)13-3-1-2-4-15(13)26-16/h1-10H,(H,25,28). The maximum atomic E-state index is 12.3. The molecular formula is C19H11F3N4O2. The van der Waals surface area contributed by atoms with Gasteiger partial charge in [0.15, 0.2) is 0 Å². The smallest absolute Gasteiger partial charge is 0.361 e. The first kappa shape index (κ1) is 18.9. The summed E-state index contributed by atoms with van der Waals surface area (Å²) in [5, 5.41) is 2.31. The van der Waals surface area contributed by atoms with E-state index in [0.29, 0.717) is 22.2 Å². The number of para-hydroxylation sites is 1. The zero-order valence-electron chi connectivity index (χ0n) is 14.1. The van der Waals surface area contributed by atoms with E-state index in [1.54, 1.807) is 29.6 Å². The summed E-state index contributed by atoms with van der Waals surface area (Å²) in [4.78, 5) is 30.4. The Balaban J connectivity index is 2.01. The first-order chi connectivity index (χ1) is 13.3. The van der Waals surface area contributed by atoms with Gasteiger partial charge < -0.3 is 10.8 Å². The molecule has 0 radical (unpaired) electrons. The molecule has 0 aliphatic rings. The van der Waals surface area contributed by atoms with Gasteiger partial charge in [0.2, 0.25) is 0 Å². The number of nitrogens with one attached hydrogen (secondary N) is 1. The van der Waals surface area contributed by atoms with Gasteiger partial charge in [-0.05, 0) is 24.3 Å². The molecule has 1 heterocycles. The van der Waals surface area contributed by atoms with Crippen LogP contribution in [0.4, 0.5) is 18.9 Å². The maximum absolute atomic E-state index is 12.3. The van der Waals surface area contributed by atoms with Gasteiger partial charge in [-0.15, -0.1) is 0 Å². The van der Waals surface area contributed by atoms with E-state index < -0.39 is 17.9 Å². The van der Waals surface area contributed by atoms with E-state index in [0.717, 1.165) is 6.21 Å². The second-order valence-electron chi connectivity index (χ2n) is 5.71. The third-order valence-electron chi connectivity index (χ3n) is 3.85. The summed E-state index contributed by atoms with van der Waals surface area (Å²) in [5.74, 6) is -2.60. The predicted molar refractivity (Wildman–Crippen MR) is 95.9 cm³/mol. The fourth-order valence-electron chi connectivity index (χ4n) is 2.58. The zero-order chi connectivity index (χ0) is 20.3. The highest BCUT2D eigenvalue weighted by atomic mass is 19.4. The number of carbonyl (C=O) groups excluding carboxylic acids is 2. The van der Waals surface area contributed by atoms with Crippen molar-refractivity contribution in [2.24, 2.45) is 0 Å². The first-order valence-electron chi connectivity index (χ1n) is 7.90. The van der Waals surface area contributed by atoms with Crippen LogP contribution in [0.5, 0.6) is 0 Å². The normalized spacial score (nSPS) is 11.0. The fraction of sp³-hybridized carbons (Fsp3) is 0.0526. The number of fused-ring (bicyclic) bond motifs is 1. The second-order valence-corrected chi connectivity index (χ2v) is 5.71. The highest BCUT2D eigenvalue weighted by Crippen LogP contribution is 2.26. The average Bonchev–Trinajstić information content (AvgIpc) is 2.67. The molecule has 0 saturated carbocycles. The lowest BCUT2D eigenvalue weighted by molar-refractivity contribution is -0.167. The minimum Gasteiger partial charge on any atom is -0.361 e. The number of rotatable bonds is 4. The van der Waals surface area contributed by atoms with Gasteiger partial charge in [-0.2, -0.15) is 18.0 Å². The number of carbonyl (C=O) groups is 2. The highest BCUT2D eigenvalue weighted by Gasteiger charge is 2.38. The third kappa shape index (κ3) is 3.94. The highest BCUT2D eigenvalue weighted by molar-refractivity contribution is 6.36. The number of benzene rings is 2. The molecule has 9 heteroatoms. The number of alkyl halides is 3. The van der Waals surface area contributed by atoms with Gasteiger partial charge in [-0.1, -0.05) is 30.3 Å². The number of halogens is 3. The molecule has 1 N–H and O–H groups in total. The molecule has 140 valence electrons. The van der Waals surface area contributed by atoms with Crippen LogP contribution in [0.3, 0.4) is 0 Å². The van der Waals surface area contributed by atoms with E-state index in [4.69, 9.17) is 5.53 Å². The Labute approximate surface area is 156 Å². The van der Waals surface area contributed by atoms with E-state index >= 15 is 0 Å². The van der Waals surface area contributed by atoms with Gasteiger partial charge >= 0.3 is 18.3 Å². The number of pyridine rings is 1. The number of Topliss-reactive ketones (excluding diaryl/α,β-unsaturated/α-hetero) is 1. The molecule has 0 saturated heterocycles. The van der Waals surface area contributed by atoms with E-state index in [1.165, 1.54) is 30.3 Å². The van der Waals surface area contributed by atoms with Crippen molar-refractivity contribution in [3.63, 3.8) is 0 Å². The number of amides is 1. The SMILES string of the molecule is [N-]=[N+]=CC(=O)c1cc(-c2ccc(NC(=O)C(F)(F)F)cc2)nc2ccccc12. The van der Waals surface area contributed by atoms with Crippen LogP contribution in [0.15, 0.2) is 54.6 Å². The van der Waals surface area contributed by atoms with Crippen LogP contribution in [0.25, 0.3) is 27.7 Å². The van der Waals surface area contributed by atoms with Crippen molar-refractivity contribution in [2.45, 2.75) is 6.18 Å². The van der Waals surface area contributed by atoms with E-state index in [-0.39, 0.29) is 11.3 Å². The minimum absolute atomic E-state index is 0.0319. The number of aromatic nitrogens is 1.